The summed E-state index contributed by atoms with van der Waals surface area (Å²) in [6.45, 7) is -1.52. The lowest BCUT2D eigenvalue weighted by Gasteiger charge is -2.16. The highest BCUT2D eigenvalue weighted by atomic mass is 35.5. The lowest BCUT2D eigenvalue weighted by molar-refractivity contribution is -0.142. The first-order valence-corrected chi connectivity index (χ1v) is 9.81. The Kier molecular flexibility index (Phi) is 7.04. The number of carbonyl (C=O) groups excluding carboxylic acids is 2. The topological polar surface area (TPSA) is 80.8 Å². The number of halogens is 4. The quantitative estimate of drug-likeness (QED) is 0.478. The summed E-state index contributed by atoms with van der Waals surface area (Å²) in [5.41, 5.74) is -1.29. The summed E-state index contributed by atoms with van der Waals surface area (Å²) in [5, 5.41) is 0.333. The average molecular weight is 450 g/mol. The van der Waals surface area contributed by atoms with Crippen molar-refractivity contribution in [1.82, 2.24) is 4.31 Å². The molecule has 2 rings (SSSR count). The van der Waals surface area contributed by atoms with Crippen molar-refractivity contribution in [3.05, 3.63) is 64.7 Å². The summed E-state index contributed by atoms with van der Waals surface area (Å²) >= 11 is 5.70. The molecule has 11 heteroatoms. The van der Waals surface area contributed by atoms with E-state index in [0.29, 0.717) is 15.4 Å². The van der Waals surface area contributed by atoms with Crippen LogP contribution in [0, 0.1) is 0 Å². The molecule has 156 valence electrons. The van der Waals surface area contributed by atoms with Gasteiger partial charge in [-0.3, -0.25) is 9.59 Å². The lowest BCUT2D eigenvalue weighted by atomic mass is 10.1. The molecule has 0 saturated heterocycles. The molecular weight excluding hydrogens is 435 g/mol. The number of esters is 1. The standard InChI is InChI=1S/C18H15ClF3NO5S/c1-23(29(26,27)15-7-5-14(19)6-8-15)10-17(25)28-11-16(24)12-3-2-4-13(9-12)18(20,21)22/h2-9H,10-11H2,1H3. The number of sulfonamides is 1. The number of rotatable bonds is 7. The van der Waals surface area contributed by atoms with Crippen molar-refractivity contribution in [2.45, 2.75) is 11.1 Å². The summed E-state index contributed by atoms with van der Waals surface area (Å²) in [7, 11) is -2.86. The fraction of sp³-hybridized carbons (Fsp3) is 0.222. The second-order valence-corrected chi connectivity index (χ2v) is 8.36. The molecule has 0 fully saturated rings. The van der Waals surface area contributed by atoms with E-state index < -0.39 is 46.7 Å². The zero-order valence-electron chi connectivity index (χ0n) is 14.9. The van der Waals surface area contributed by atoms with Crippen LogP contribution in [0.15, 0.2) is 53.4 Å². The first-order chi connectivity index (χ1) is 13.4. The Morgan fingerprint density at radius 3 is 2.31 bits per heavy atom. The van der Waals surface area contributed by atoms with Crippen LogP contribution in [-0.4, -0.2) is 44.7 Å². The highest BCUT2D eigenvalue weighted by Gasteiger charge is 2.31. The molecular formula is C18H15ClF3NO5S. The van der Waals surface area contributed by atoms with Crippen LogP contribution in [0.5, 0.6) is 0 Å². The Balaban J connectivity index is 1.97. The van der Waals surface area contributed by atoms with Crippen molar-refractivity contribution in [3.63, 3.8) is 0 Å². The van der Waals surface area contributed by atoms with Crippen LogP contribution in [0.1, 0.15) is 15.9 Å². The van der Waals surface area contributed by atoms with E-state index in [1.807, 2.05) is 0 Å². The summed E-state index contributed by atoms with van der Waals surface area (Å²) in [6.07, 6.45) is -4.62. The molecule has 0 spiro atoms. The van der Waals surface area contributed by atoms with Crippen molar-refractivity contribution in [1.29, 1.82) is 0 Å². The zero-order valence-corrected chi connectivity index (χ0v) is 16.5. The molecule has 29 heavy (non-hydrogen) atoms. The lowest BCUT2D eigenvalue weighted by Crippen LogP contribution is -2.33. The average Bonchev–Trinajstić information content (AvgIpc) is 2.65. The molecule has 0 saturated carbocycles. The molecule has 0 radical (unpaired) electrons. The molecule has 0 aliphatic rings. The largest absolute Gasteiger partial charge is 0.456 e. The number of ether oxygens (including phenoxy) is 1. The Bertz CT molecular complexity index is 1010. The van der Waals surface area contributed by atoms with Gasteiger partial charge in [-0.2, -0.15) is 17.5 Å². The van der Waals surface area contributed by atoms with Gasteiger partial charge in [0.2, 0.25) is 10.0 Å². The first-order valence-electron chi connectivity index (χ1n) is 7.99. The molecule has 0 aliphatic heterocycles. The molecule has 2 aromatic rings. The van der Waals surface area contributed by atoms with Gasteiger partial charge in [0, 0.05) is 17.6 Å². The first kappa shape index (κ1) is 22.9. The van der Waals surface area contributed by atoms with Gasteiger partial charge in [0.25, 0.3) is 0 Å². The summed E-state index contributed by atoms with van der Waals surface area (Å²) in [6, 6.07) is 8.93. The smallest absolute Gasteiger partial charge is 0.416 e. The van der Waals surface area contributed by atoms with E-state index >= 15 is 0 Å². The molecule has 6 nitrogen and oxygen atoms in total. The van der Waals surface area contributed by atoms with E-state index in [2.05, 4.69) is 0 Å². The van der Waals surface area contributed by atoms with Crippen LogP contribution in [-0.2, 0) is 25.7 Å². The van der Waals surface area contributed by atoms with Crippen molar-refractivity contribution < 1.29 is 35.9 Å². The highest BCUT2D eigenvalue weighted by molar-refractivity contribution is 7.89. The van der Waals surface area contributed by atoms with Crippen molar-refractivity contribution in [2.75, 3.05) is 20.2 Å². The van der Waals surface area contributed by atoms with E-state index in [1.165, 1.54) is 24.3 Å². The van der Waals surface area contributed by atoms with Crippen LogP contribution in [0.2, 0.25) is 5.02 Å². The van der Waals surface area contributed by atoms with E-state index in [9.17, 15) is 31.2 Å². The van der Waals surface area contributed by atoms with Gasteiger partial charge in [-0.1, -0.05) is 23.7 Å². The van der Waals surface area contributed by atoms with Gasteiger partial charge in [0.05, 0.1) is 10.5 Å². The van der Waals surface area contributed by atoms with E-state index in [0.717, 1.165) is 25.2 Å². The second-order valence-electron chi connectivity index (χ2n) is 5.88. The maximum absolute atomic E-state index is 12.7. The maximum Gasteiger partial charge on any atom is 0.416 e. The third kappa shape index (κ3) is 6.02. The summed E-state index contributed by atoms with van der Waals surface area (Å²) < 4.78 is 68.3. The van der Waals surface area contributed by atoms with Gasteiger partial charge in [0.1, 0.15) is 6.54 Å². The van der Waals surface area contributed by atoms with Gasteiger partial charge in [0.15, 0.2) is 12.4 Å². The van der Waals surface area contributed by atoms with Crippen LogP contribution >= 0.6 is 11.6 Å². The molecule has 0 aliphatic carbocycles. The molecule has 2 aromatic carbocycles. The minimum absolute atomic E-state index is 0.0998. The monoisotopic (exact) mass is 449 g/mol. The Morgan fingerprint density at radius 1 is 1.10 bits per heavy atom. The normalized spacial score (nSPS) is 12.1. The Labute approximate surface area is 169 Å². The number of benzene rings is 2. The fourth-order valence-corrected chi connectivity index (χ4v) is 3.44. The minimum atomic E-state index is -4.62. The number of hydrogen-bond donors (Lipinski definition) is 0. The number of likely N-dealkylation sites (N-methyl/N-ethyl adjacent to an activating group) is 1. The minimum Gasteiger partial charge on any atom is -0.456 e. The van der Waals surface area contributed by atoms with E-state index in [-0.39, 0.29) is 10.5 Å². The van der Waals surface area contributed by atoms with Crippen molar-refractivity contribution in [2.24, 2.45) is 0 Å². The van der Waals surface area contributed by atoms with Gasteiger partial charge < -0.3 is 4.74 Å². The fourth-order valence-electron chi connectivity index (χ4n) is 2.20. The molecule has 0 unspecified atom stereocenters. The van der Waals surface area contributed by atoms with Crippen LogP contribution < -0.4 is 0 Å². The molecule has 0 heterocycles. The summed E-state index contributed by atoms with van der Waals surface area (Å²) in [4.78, 5) is 23.7. The molecule has 0 bridgehead atoms. The van der Waals surface area contributed by atoms with Gasteiger partial charge >= 0.3 is 12.1 Å². The van der Waals surface area contributed by atoms with Crippen LogP contribution in [0.4, 0.5) is 13.2 Å². The van der Waals surface area contributed by atoms with Gasteiger partial charge in [-0.25, -0.2) is 8.42 Å². The van der Waals surface area contributed by atoms with Crippen LogP contribution in [0.3, 0.4) is 0 Å². The van der Waals surface area contributed by atoms with Crippen molar-refractivity contribution in [3.8, 4) is 0 Å². The summed E-state index contributed by atoms with van der Waals surface area (Å²) in [5.74, 6) is -1.89. The number of ketones is 1. The molecule has 0 atom stereocenters. The molecule has 0 N–H and O–H groups in total. The van der Waals surface area contributed by atoms with Crippen LogP contribution in [0.25, 0.3) is 0 Å². The van der Waals surface area contributed by atoms with E-state index in [4.69, 9.17) is 16.3 Å². The van der Waals surface area contributed by atoms with E-state index in [1.54, 1.807) is 0 Å². The van der Waals surface area contributed by atoms with Gasteiger partial charge in [-0.05, 0) is 36.4 Å². The SMILES string of the molecule is CN(CC(=O)OCC(=O)c1cccc(C(F)(F)F)c1)S(=O)(=O)c1ccc(Cl)cc1. The highest BCUT2D eigenvalue weighted by Crippen LogP contribution is 2.29. The maximum atomic E-state index is 12.7. The predicted octanol–water partition coefficient (Wildman–Crippen LogP) is 3.41. The Morgan fingerprint density at radius 2 is 1.72 bits per heavy atom. The van der Waals surface area contributed by atoms with Crippen molar-refractivity contribution >= 4 is 33.4 Å². The third-order valence-corrected chi connectivity index (χ3v) is 5.82. The Hall–Kier alpha value is -2.43. The second kappa shape index (κ2) is 8.93. The number of Topliss-reactive ketones (excluding diaryl/α,β-unsaturated/α-hetero) is 1. The van der Waals surface area contributed by atoms with Gasteiger partial charge in [-0.15, -0.1) is 0 Å². The number of hydrogen-bond acceptors (Lipinski definition) is 5. The predicted molar refractivity (Wildman–Crippen MR) is 98.0 cm³/mol. The third-order valence-electron chi connectivity index (χ3n) is 3.75. The molecule has 0 amide bonds. The number of nitrogens with zero attached hydrogens (tertiary/aromatic N) is 1. The molecule has 0 aromatic heterocycles. The number of alkyl halides is 3. The zero-order chi connectivity index (χ0) is 21.8. The number of carbonyl (C=O) groups is 2.